The molecule has 0 saturated carbocycles. The number of halogens is 4. The van der Waals surface area contributed by atoms with Crippen LogP contribution >= 0.6 is 0 Å². The molecule has 84 valence electrons. The summed E-state index contributed by atoms with van der Waals surface area (Å²) >= 11 is 0. The van der Waals surface area contributed by atoms with Crippen LogP contribution in [0.3, 0.4) is 0 Å². The van der Waals surface area contributed by atoms with Gasteiger partial charge in [0.2, 0.25) is 0 Å². The zero-order chi connectivity index (χ0) is 12.1. The van der Waals surface area contributed by atoms with Gasteiger partial charge in [0.05, 0.1) is 16.8 Å². The van der Waals surface area contributed by atoms with Crippen LogP contribution in [0.15, 0.2) is 12.1 Å². The van der Waals surface area contributed by atoms with Crippen molar-refractivity contribution in [2.24, 2.45) is 0 Å². The molecule has 1 aromatic rings. The van der Waals surface area contributed by atoms with Crippen LogP contribution < -0.4 is 5.32 Å². The standard InChI is InChI=1S/C9H3F4NO2/c10-3-1-4-6(14-8(16)7(4)15)5(2-3)9(11,12)13/h1-2H,(H,14,15,16). The number of benzene rings is 1. The largest absolute Gasteiger partial charge is 0.418 e. The number of fused-ring (bicyclic) bond motifs is 1. The topological polar surface area (TPSA) is 46.2 Å². The van der Waals surface area contributed by atoms with Crippen molar-refractivity contribution in [3.8, 4) is 0 Å². The van der Waals surface area contributed by atoms with Gasteiger partial charge in [0.15, 0.2) is 0 Å². The highest BCUT2D eigenvalue weighted by Gasteiger charge is 2.40. The van der Waals surface area contributed by atoms with E-state index in [9.17, 15) is 27.2 Å². The molecule has 0 aromatic heterocycles. The van der Waals surface area contributed by atoms with Gasteiger partial charge in [0, 0.05) is 0 Å². The average molecular weight is 233 g/mol. The number of hydrogen-bond acceptors (Lipinski definition) is 2. The number of alkyl halides is 3. The van der Waals surface area contributed by atoms with Gasteiger partial charge in [-0.15, -0.1) is 0 Å². The number of amides is 1. The first-order valence-corrected chi connectivity index (χ1v) is 4.07. The summed E-state index contributed by atoms with van der Waals surface area (Å²) in [6.45, 7) is 0. The lowest BCUT2D eigenvalue weighted by molar-refractivity contribution is -0.137. The molecule has 7 heteroatoms. The molecule has 1 aliphatic heterocycles. The van der Waals surface area contributed by atoms with Crippen molar-refractivity contribution in [2.45, 2.75) is 6.18 Å². The number of rotatable bonds is 0. The zero-order valence-electron chi connectivity index (χ0n) is 7.48. The fourth-order valence-electron chi connectivity index (χ4n) is 1.44. The van der Waals surface area contributed by atoms with E-state index in [-0.39, 0.29) is 6.07 Å². The molecule has 16 heavy (non-hydrogen) atoms. The molecule has 1 aliphatic rings. The molecule has 1 heterocycles. The molecule has 0 radical (unpaired) electrons. The van der Waals surface area contributed by atoms with E-state index in [4.69, 9.17) is 0 Å². The average Bonchev–Trinajstić information content (AvgIpc) is 2.42. The molecular weight excluding hydrogens is 230 g/mol. The van der Waals surface area contributed by atoms with Gasteiger partial charge in [0.1, 0.15) is 5.82 Å². The minimum atomic E-state index is -4.83. The summed E-state index contributed by atoms with van der Waals surface area (Å²) in [5, 5.41) is 1.77. The van der Waals surface area contributed by atoms with Crippen molar-refractivity contribution in [1.29, 1.82) is 0 Å². The van der Waals surface area contributed by atoms with E-state index in [2.05, 4.69) is 0 Å². The van der Waals surface area contributed by atoms with Crippen LogP contribution in [0.25, 0.3) is 0 Å². The molecule has 1 N–H and O–H groups in total. The third-order valence-electron chi connectivity index (χ3n) is 2.10. The fraction of sp³-hybridized carbons (Fsp3) is 0.111. The van der Waals surface area contributed by atoms with Gasteiger partial charge in [-0.25, -0.2) is 4.39 Å². The maximum atomic E-state index is 12.9. The van der Waals surface area contributed by atoms with Crippen LogP contribution in [0.4, 0.5) is 23.2 Å². The lowest BCUT2D eigenvalue weighted by Gasteiger charge is -2.10. The highest BCUT2D eigenvalue weighted by molar-refractivity contribution is 6.51. The Labute approximate surface area is 86.1 Å². The molecule has 0 aliphatic carbocycles. The second kappa shape index (κ2) is 3.03. The van der Waals surface area contributed by atoms with Gasteiger partial charge in [0.25, 0.3) is 11.7 Å². The first-order chi connectivity index (χ1) is 7.30. The van der Waals surface area contributed by atoms with Gasteiger partial charge in [-0.2, -0.15) is 13.2 Å². The van der Waals surface area contributed by atoms with Crippen molar-refractivity contribution >= 4 is 17.4 Å². The molecule has 2 rings (SSSR count). The number of carbonyl (C=O) groups excluding carboxylic acids is 2. The van der Waals surface area contributed by atoms with Crippen LogP contribution in [0, 0.1) is 5.82 Å². The summed E-state index contributed by atoms with van der Waals surface area (Å²) < 4.78 is 50.2. The Bertz CT molecular complexity index is 507. The minimum Gasteiger partial charge on any atom is -0.318 e. The Balaban J connectivity index is 2.72. The second-order valence-corrected chi connectivity index (χ2v) is 3.16. The summed E-state index contributed by atoms with van der Waals surface area (Å²) in [4.78, 5) is 22.0. The Hall–Kier alpha value is -1.92. The Morgan fingerprint density at radius 3 is 2.31 bits per heavy atom. The first-order valence-electron chi connectivity index (χ1n) is 4.07. The number of hydrogen-bond donors (Lipinski definition) is 1. The zero-order valence-corrected chi connectivity index (χ0v) is 7.48. The molecule has 1 aromatic carbocycles. The van der Waals surface area contributed by atoms with Crippen molar-refractivity contribution in [3.05, 3.63) is 29.1 Å². The Morgan fingerprint density at radius 2 is 1.75 bits per heavy atom. The van der Waals surface area contributed by atoms with Crippen molar-refractivity contribution < 1.29 is 27.2 Å². The van der Waals surface area contributed by atoms with Gasteiger partial charge in [-0.1, -0.05) is 0 Å². The Kier molecular flexibility index (Phi) is 2.01. The van der Waals surface area contributed by atoms with E-state index in [0.717, 1.165) is 0 Å². The van der Waals surface area contributed by atoms with Crippen LogP contribution in [0.2, 0.25) is 0 Å². The SMILES string of the molecule is O=C1Nc2c(cc(F)cc2C(F)(F)F)C1=O. The third-order valence-corrected chi connectivity index (χ3v) is 2.10. The number of ketones is 1. The number of Topliss-reactive ketones (excluding diaryl/α,β-unsaturated/α-hetero) is 1. The van der Waals surface area contributed by atoms with E-state index in [1.54, 1.807) is 5.32 Å². The van der Waals surface area contributed by atoms with Crippen molar-refractivity contribution in [2.75, 3.05) is 5.32 Å². The van der Waals surface area contributed by atoms with Gasteiger partial charge < -0.3 is 5.32 Å². The molecule has 0 atom stereocenters. The highest BCUT2D eigenvalue weighted by Crippen LogP contribution is 2.39. The lowest BCUT2D eigenvalue weighted by Crippen LogP contribution is -2.13. The van der Waals surface area contributed by atoms with E-state index >= 15 is 0 Å². The summed E-state index contributed by atoms with van der Waals surface area (Å²) in [5.74, 6) is -3.57. The monoisotopic (exact) mass is 233 g/mol. The third kappa shape index (κ3) is 1.44. The Morgan fingerprint density at radius 1 is 1.12 bits per heavy atom. The lowest BCUT2D eigenvalue weighted by atomic mass is 10.1. The second-order valence-electron chi connectivity index (χ2n) is 3.16. The van der Waals surface area contributed by atoms with Crippen LogP contribution in [-0.2, 0) is 11.0 Å². The van der Waals surface area contributed by atoms with Crippen molar-refractivity contribution in [1.82, 2.24) is 0 Å². The minimum absolute atomic E-state index is 0.234. The smallest absolute Gasteiger partial charge is 0.318 e. The highest BCUT2D eigenvalue weighted by atomic mass is 19.4. The predicted molar refractivity (Wildman–Crippen MR) is 44.4 cm³/mol. The molecule has 0 saturated heterocycles. The van der Waals surface area contributed by atoms with Gasteiger partial charge in [-0.3, -0.25) is 9.59 Å². The fourth-order valence-corrected chi connectivity index (χ4v) is 1.44. The molecule has 0 unspecified atom stereocenters. The van der Waals surface area contributed by atoms with E-state index in [0.29, 0.717) is 6.07 Å². The summed E-state index contributed by atoms with van der Waals surface area (Å²) in [7, 11) is 0. The summed E-state index contributed by atoms with van der Waals surface area (Å²) in [6.07, 6.45) is -4.83. The molecule has 0 fully saturated rings. The normalized spacial score (nSPS) is 15.0. The maximum absolute atomic E-state index is 12.9. The van der Waals surface area contributed by atoms with E-state index < -0.39 is 40.5 Å². The number of anilines is 1. The summed E-state index contributed by atoms with van der Waals surface area (Å²) in [5.41, 5.74) is -2.62. The maximum Gasteiger partial charge on any atom is 0.418 e. The van der Waals surface area contributed by atoms with E-state index in [1.807, 2.05) is 0 Å². The van der Waals surface area contributed by atoms with Gasteiger partial charge in [-0.05, 0) is 12.1 Å². The van der Waals surface area contributed by atoms with Crippen molar-refractivity contribution in [3.63, 3.8) is 0 Å². The van der Waals surface area contributed by atoms with Gasteiger partial charge >= 0.3 is 6.18 Å². The molecule has 3 nitrogen and oxygen atoms in total. The predicted octanol–water partition coefficient (Wildman–Crippen LogP) is 1.98. The van der Waals surface area contributed by atoms with Crippen LogP contribution in [0.5, 0.6) is 0 Å². The molecule has 0 spiro atoms. The first kappa shape index (κ1) is 10.6. The van der Waals surface area contributed by atoms with Crippen LogP contribution in [0.1, 0.15) is 15.9 Å². The molecule has 0 bridgehead atoms. The van der Waals surface area contributed by atoms with E-state index in [1.165, 1.54) is 0 Å². The number of carbonyl (C=O) groups is 2. The summed E-state index contributed by atoms with van der Waals surface area (Å²) in [6, 6.07) is 0.836. The quantitative estimate of drug-likeness (QED) is 0.550. The molecular formula is C9H3F4NO2. The molecule has 1 amide bonds. The number of nitrogens with one attached hydrogen (secondary N) is 1. The van der Waals surface area contributed by atoms with Crippen LogP contribution in [-0.4, -0.2) is 11.7 Å².